The molecule has 6 rings (SSSR count). The molecule has 21 heteroatoms. The van der Waals surface area contributed by atoms with Crippen molar-refractivity contribution in [2.75, 3.05) is 137 Å². The van der Waals surface area contributed by atoms with Gasteiger partial charge in [-0.1, -0.05) is 0 Å². The fraction of sp³-hybridized carbons (Fsp3) is 0.400. The van der Waals surface area contributed by atoms with Gasteiger partial charge in [0.15, 0.2) is 40.2 Å². The second-order valence-corrected chi connectivity index (χ2v) is 19.0. The van der Waals surface area contributed by atoms with E-state index in [-0.39, 0.29) is 84.8 Å². The van der Waals surface area contributed by atoms with Crippen molar-refractivity contribution in [3.63, 3.8) is 0 Å². The summed E-state index contributed by atoms with van der Waals surface area (Å²) in [5.74, 6) is 5.61. The predicted octanol–water partition coefficient (Wildman–Crippen LogP) is 9.40. The molecule has 0 aromatic heterocycles. The van der Waals surface area contributed by atoms with Crippen LogP contribution in [-0.2, 0) is 60.5 Å². The van der Waals surface area contributed by atoms with Gasteiger partial charge in [-0.15, -0.1) is 0 Å². The molecule has 1 N–H and O–H groups in total. The number of hydrogen-bond acceptors (Lipinski definition) is 21. The maximum Gasteiger partial charge on any atom is 0.189 e. The molecule has 86 heavy (non-hydrogen) atoms. The number of benzene rings is 6. The minimum absolute atomic E-state index is 0.0265. The van der Waals surface area contributed by atoms with Gasteiger partial charge in [0.05, 0.1) is 75.2 Å². The first-order valence-corrected chi connectivity index (χ1v) is 27.3. The van der Waals surface area contributed by atoms with E-state index in [1.165, 1.54) is 6.07 Å². The van der Waals surface area contributed by atoms with Gasteiger partial charge in [0.2, 0.25) is 0 Å². The number of nitrogens with zero attached hydrogens (tertiary/aromatic N) is 3. The molecule has 0 aliphatic heterocycles. The minimum atomic E-state index is -0.257. The summed E-state index contributed by atoms with van der Waals surface area (Å²) in [6.45, 7) is 3.18. The van der Waals surface area contributed by atoms with Crippen molar-refractivity contribution in [1.29, 1.82) is 15.8 Å². The highest BCUT2D eigenvalue weighted by Crippen LogP contribution is 2.42. The van der Waals surface area contributed by atoms with Crippen LogP contribution < -0.4 is 52.1 Å². The average Bonchev–Trinajstić information content (AvgIpc) is 1.71. The van der Waals surface area contributed by atoms with E-state index >= 15 is 0 Å². The average molecular weight is 1190 g/mol. The summed E-state index contributed by atoms with van der Waals surface area (Å²) in [5, 5.41) is 39.2. The van der Waals surface area contributed by atoms with Gasteiger partial charge in [0.25, 0.3) is 0 Å². The largest absolute Gasteiger partial charge is 0.508 e. The van der Waals surface area contributed by atoms with Gasteiger partial charge < -0.3 is 85.6 Å². The molecule has 0 atom stereocenters. The Bertz CT molecular complexity index is 3280. The van der Waals surface area contributed by atoms with Crippen LogP contribution in [0.25, 0.3) is 0 Å². The lowest BCUT2D eigenvalue weighted by Crippen LogP contribution is -2.10. The van der Waals surface area contributed by atoms with Gasteiger partial charge in [-0.2, -0.15) is 15.8 Å². The van der Waals surface area contributed by atoms with Gasteiger partial charge in [0, 0.05) is 109 Å². The molecule has 6 aromatic rings. The summed E-state index contributed by atoms with van der Waals surface area (Å²) in [5.41, 5.74) is 7.89. The third-order valence-corrected chi connectivity index (χ3v) is 13.4. The van der Waals surface area contributed by atoms with Crippen LogP contribution in [0.3, 0.4) is 0 Å². The van der Waals surface area contributed by atoms with Crippen molar-refractivity contribution < 1.29 is 85.6 Å². The quantitative estimate of drug-likeness (QED) is 0.0279. The number of aromatic hydroxyl groups is 1. The topological polar surface area (TPSA) is 249 Å². The smallest absolute Gasteiger partial charge is 0.189 e. The maximum atomic E-state index is 10.4. The van der Waals surface area contributed by atoms with E-state index in [1.54, 1.807) is 69.0 Å². The molecule has 0 aliphatic rings. The van der Waals surface area contributed by atoms with E-state index in [2.05, 4.69) is 12.1 Å². The van der Waals surface area contributed by atoms with Gasteiger partial charge in [-0.3, -0.25) is 0 Å². The first kappa shape index (κ1) is 66.3. The third kappa shape index (κ3) is 19.1. The first-order valence-electron chi connectivity index (χ1n) is 27.3. The molecule has 21 nitrogen and oxygen atoms in total. The van der Waals surface area contributed by atoms with E-state index in [9.17, 15) is 20.9 Å². The van der Waals surface area contributed by atoms with Crippen molar-refractivity contribution in [2.24, 2.45) is 0 Å². The Morgan fingerprint density at radius 1 is 0.314 bits per heavy atom. The van der Waals surface area contributed by atoms with Crippen molar-refractivity contribution >= 4 is 0 Å². The van der Waals surface area contributed by atoms with Crippen molar-refractivity contribution in [3.8, 4) is 87.2 Å². The molecule has 0 spiro atoms. The minimum Gasteiger partial charge on any atom is -0.508 e. The molecule has 6 aromatic carbocycles. The number of phenolic OH excluding ortho intramolecular Hbond substituents is 1. The maximum absolute atomic E-state index is 10.4. The fourth-order valence-corrected chi connectivity index (χ4v) is 9.29. The summed E-state index contributed by atoms with van der Waals surface area (Å²) in [7, 11) is 12.7. The first-order chi connectivity index (χ1) is 42.0. The van der Waals surface area contributed by atoms with E-state index < -0.39 is 0 Å². The van der Waals surface area contributed by atoms with Crippen LogP contribution in [0.5, 0.6) is 69.0 Å². The standard InChI is InChI=1S/C65H75N3O18/c1-43-24-57(73-5)45(31-56(43)84-40-78-21-18-70-2)26-50-32-58(74-6)47(36-62(50)82-16-13-67)29-53-35-61(77-9)49(39-65(53)86-42-80-23-20-72-4)27-51-33-59(75-7)48(37-63(51)83-17-14-68)28-52-34-60(76-8)46(38-64(52)85-41-79-22-19-71-3)25-44-30-54(69)10-11-55(44)81-15-12-66/h10-11,24,30-39,69H,15-23,25-29,40-42H2,1-9H3. The Balaban J connectivity index is 1.39. The zero-order chi connectivity index (χ0) is 61.6. The summed E-state index contributed by atoms with van der Waals surface area (Å²) in [6, 6.07) is 29.6. The lowest BCUT2D eigenvalue weighted by atomic mass is 9.93. The third-order valence-electron chi connectivity index (χ3n) is 13.4. The number of hydrogen-bond donors (Lipinski definition) is 1. The van der Waals surface area contributed by atoms with Gasteiger partial charge >= 0.3 is 0 Å². The van der Waals surface area contributed by atoms with Crippen LogP contribution in [0.1, 0.15) is 61.2 Å². The molecule has 0 saturated heterocycles. The van der Waals surface area contributed by atoms with E-state index in [4.69, 9.17) is 80.5 Å². The normalized spacial score (nSPS) is 10.8. The molecule has 0 unspecified atom stereocenters. The highest BCUT2D eigenvalue weighted by atomic mass is 16.7. The Morgan fingerprint density at radius 2 is 0.581 bits per heavy atom. The second kappa shape index (κ2) is 35.4. The Morgan fingerprint density at radius 3 is 0.907 bits per heavy atom. The molecule has 458 valence electrons. The SMILES string of the molecule is COCCOCOc1cc(Cc2cc(OC)c(Cc3cc(OC)c(Cc4cc(OC)c(Cc5cc(OC)c(Cc6cc(O)ccc6OCC#N)cc5OCOCCOC)cc4OCC#N)cc3OCOCCOC)cc2OCC#N)c(OC)cc1C. The van der Waals surface area contributed by atoms with Crippen LogP contribution in [0.15, 0.2) is 78.9 Å². The summed E-state index contributed by atoms with van der Waals surface area (Å²) < 4.78 is 99.4. The molecule has 0 aliphatic carbocycles. The van der Waals surface area contributed by atoms with Gasteiger partial charge in [-0.25, -0.2) is 0 Å². The van der Waals surface area contributed by atoms with Crippen molar-refractivity contribution in [2.45, 2.75) is 39.0 Å². The number of phenols is 1. The van der Waals surface area contributed by atoms with Crippen LogP contribution in [-0.4, -0.2) is 142 Å². The summed E-state index contributed by atoms with van der Waals surface area (Å²) in [4.78, 5) is 0. The van der Waals surface area contributed by atoms with Gasteiger partial charge in [-0.05, 0) is 91.3 Å². The van der Waals surface area contributed by atoms with Crippen molar-refractivity contribution in [1.82, 2.24) is 0 Å². The zero-order valence-corrected chi connectivity index (χ0v) is 50.3. The Kier molecular flexibility index (Phi) is 27.3. The Hall–Kier alpha value is -8.85. The monoisotopic (exact) mass is 1190 g/mol. The second-order valence-electron chi connectivity index (χ2n) is 19.0. The highest BCUT2D eigenvalue weighted by Gasteiger charge is 2.23. The van der Waals surface area contributed by atoms with Gasteiger partial charge in [0.1, 0.15) is 87.2 Å². The molecule has 0 heterocycles. The zero-order valence-electron chi connectivity index (χ0n) is 50.3. The fourth-order valence-electron chi connectivity index (χ4n) is 9.29. The molecular formula is C65H75N3O18. The van der Waals surface area contributed by atoms with Crippen LogP contribution in [0.2, 0.25) is 0 Å². The number of nitriles is 3. The molecular weight excluding hydrogens is 1110 g/mol. The van der Waals surface area contributed by atoms with E-state index in [0.29, 0.717) is 135 Å². The summed E-state index contributed by atoms with van der Waals surface area (Å²) in [6.07, 6.45) is 1.31. The number of methoxy groups -OCH3 is 8. The predicted molar refractivity (Wildman–Crippen MR) is 315 cm³/mol. The highest BCUT2D eigenvalue weighted by molar-refractivity contribution is 5.59. The molecule has 0 radical (unpaired) electrons. The lowest BCUT2D eigenvalue weighted by Gasteiger charge is -2.21. The molecule has 0 amide bonds. The lowest BCUT2D eigenvalue weighted by molar-refractivity contribution is -0.00897. The van der Waals surface area contributed by atoms with Crippen LogP contribution >= 0.6 is 0 Å². The van der Waals surface area contributed by atoms with Crippen LogP contribution in [0.4, 0.5) is 0 Å². The van der Waals surface area contributed by atoms with E-state index in [1.807, 2.05) is 73.7 Å². The molecule has 0 saturated carbocycles. The van der Waals surface area contributed by atoms with Crippen molar-refractivity contribution in [3.05, 3.63) is 140 Å². The Labute approximate surface area is 502 Å². The number of rotatable bonds is 39. The number of ether oxygens (including phenoxy) is 17. The van der Waals surface area contributed by atoms with Crippen LogP contribution in [0, 0.1) is 40.9 Å². The molecule has 0 bridgehead atoms. The summed E-state index contributed by atoms with van der Waals surface area (Å²) >= 11 is 0. The number of aryl methyl sites for hydroxylation is 1. The van der Waals surface area contributed by atoms with E-state index in [0.717, 1.165) is 22.3 Å². The molecule has 0 fully saturated rings.